The van der Waals surface area contributed by atoms with E-state index in [-0.39, 0.29) is 0 Å². The molecular weight excluding hydrogens is 352 g/mol. The lowest BCUT2D eigenvalue weighted by Gasteiger charge is -2.30. The van der Waals surface area contributed by atoms with Crippen molar-refractivity contribution in [3.63, 3.8) is 0 Å². The summed E-state index contributed by atoms with van der Waals surface area (Å²) < 4.78 is 0. The summed E-state index contributed by atoms with van der Waals surface area (Å²) in [6.45, 7) is 0. The number of benzene rings is 2. The van der Waals surface area contributed by atoms with E-state index >= 15 is 0 Å². The molecule has 0 bridgehead atoms. The molecule has 2 aromatic heterocycles. The molecule has 6 rings (SSSR count). The average Bonchev–Trinajstić information content (AvgIpc) is 3.39. The standard InChI is InChI=1S/C24H18S2/c1-3-21(25-9-1)19-11-15-5-7-17-13-20(22-4-2-10-26-22)14-18-8-6-16(12-19)23(15)24(17)18/h1-4,9-14H,5-8H2. The first-order valence-corrected chi connectivity index (χ1v) is 11.0. The molecule has 26 heavy (non-hydrogen) atoms. The van der Waals surface area contributed by atoms with E-state index < -0.39 is 0 Å². The smallest absolute Gasteiger partial charge is 0.0342 e. The molecule has 0 atom stereocenters. The van der Waals surface area contributed by atoms with Crippen molar-refractivity contribution in [2.75, 3.05) is 0 Å². The minimum atomic E-state index is 1.17. The van der Waals surface area contributed by atoms with Crippen LogP contribution in [-0.4, -0.2) is 0 Å². The maximum absolute atomic E-state index is 2.45. The summed E-state index contributed by atoms with van der Waals surface area (Å²) in [7, 11) is 0. The van der Waals surface area contributed by atoms with Gasteiger partial charge in [0, 0.05) is 9.75 Å². The van der Waals surface area contributed by atoms with Crippen molar-refractivity contribution in [2.24, 2.45) is 0 Å². The van der Waals surface area contributed by atoms with E-state index in [9.17, 15) is 0 Å². The van der Waals surface area contributed by atoms with Crippen LogP contribution >= 0.6 is 22.7 Å². The van der Waals surface area contributed by atoms with Crippen LogP contribution in [0, 0.1) is 0 Å². The second kappa shape index (κ2) is 5.67. The fourth-order valence-electron chi connectivity index (χ4n) is 4.68. The molecule has 4 aromatic rings. The highest BCUT2D eigenvalue weighted by atomic mass is 32.1. The third-order valence-corrected chi connectivity index (χ3v) is 7.63. The van der Waals surface area contributed by atoms with Crippen LogP contribution in [-0.2, 0) is 25.7 Å². The molecule has 2 aliphatic rings. The van der Waals surface area contributed by atoms with Crippen molar-refractivity contribution in [1.82, 2.24) is 0 Å². The summed E-state index contributed by atoms with van der Waals surface area (Å²) in [4.78, 5) is 2.79. The molecule has 0 saturated heterocycles. The fraction of sp³-hybridized carbons (Fsp3) is 0.167. The Morgan fingerprint density at radius 1 is 0.538 bits per heavy atom. The molecule has 0 unspecified atom stereocenters. The largest absolute Gasteiger partial charge is 0.144 e. The summed E-state index contributed by atoms with van der Waals surface area (Å²) in [6, 6.07) is 18.6. The molecule has 2 heterocycles. The van der Waals surface area contributed by atoms with Crippen LogP contribution in [0.4, 0.5) is 0 Å². The molecule has 0 spiro atoms. The predicted octanol–water partition coefficient (Wildman–Crippen LogP) is 7.01. The van der Waals surface area contributed by atoms with Crippen LogP contribution in [0.3, 0.4) is 0 Å². The molecule has 0 nitrogen and oxygen atoms in total. The Bertz CT molecular complexity index is 973. The first kappa shape index (κ1) is 15.0. The Hall–Kier alpha value is -2.16. The summed E-state index contributed by atoms with van der Waals surface area (Å²) in [5.74, 6) is 0. The molecule has 2 aliphatic carbocycles. The van der Waals surface area contributed by atoms with Crippen LogP contribution in [0.1, 0.15) is 22.3 Å². The molecule has 0 fully saturated rings. The zero-order valence-electron chi connectivity index (χ0n) is 14.4. The third kappa shape index (κ3) is 2.19. The second-order valence-electron chi connectivity index (χ2n) is 7.29. The van der Waals surface area contributed by atoms with Crippen molar-refractivity contribution < 1.29 is 0 Å². The van der Waals surface area contributed by atoms with Gasteiger partial charge in [-0.25, -0.2) is 0 Å². The quantitative estimate of drug-likeness (QED) is 0.356. The van der Waals surface area contributed by atoms with Crippen LogP contribution in [0.5, 0.6) is 0 Å². The molecule has 0 amide bonds. The molecule has 0 saturated carbocycles. The van der Waals surface area contributed by atoms with E-state index in [1.165, 1.54) is 46.6 Å². The van der Waals surface area contributed by atoms with Gasteiger partial charge in [-0.2, -0.15) is 0 Å². The molecule has 0 radical (unpaired) electrons. The topological polar surface area (TPSA) is 0 Å². The van der Waals surface area contributed by atoms with Gasteiger partial charge in [-0.05, 0) is 117 Å². The predicted molar refractivity (Wildman–Crippen MR) is 113 cm³/mol. The van der Waals surface area contributed by atoms with Gasteiger partial charge in [0.25, 0.3) is 0 Å². The van der Waals surface area contributed by atoms with Gasteiger partial charge in [0.2, 0.25) is 0 Å². The minimum Gasteiger partial charge on any atom is -0.144 e. The van der Waals surface area contributed by atoms with E-state index in [0.717, 1.165) is 0 Å². The van der Waals surface area contributed by atoms with Crippen molar-refractivity contribution in [1.29, 1.82) is 0 Å². The first-order valence-electron chi connectivity index (χ1n) is 9.26. The molecule has 126 valence electrons. The Morgan fingerprint density at radius 3 is 1.23 bits per heavy atom. The highest BCUT2D eigenvalue weighted by Gasteiger charge is 2.27. The number of rotatable bonds is 2. The Labute approximate surface area is 161 Å². The van der Waals surface area contributed by atoms with Gasteiger partial charge in [0.05, 0.1) is 0 Å². The molecule has 2 aromatic carbocycles. The zero-order valence-corrected chi connectivity index (χ0v) is 16.1. The number of thiophene rings is 2. The van der Waals surface area contributed by atoms with E-state index in [2.05, 4.69) is 59.3 Å². The van der Waals surface area contributed by atoms with E-state index in [4.69, 9.17) is 0 Å². The van der Waals surface area contributed by atoms with Crippen LogP contribution < -0.4 is 0 Å². The maximum Gasteiger partial charge on any atom is 0.0342 e. The highest BCUT2D eigenvalue weighted by molar-refractivity contribution is 7.13. The van der Waals surface area contributed by atoms with E-state index in [1.807, 2.05) is 22.7 Å². The van der Waals surface area contributed by atoms with Gasteiger partial charge >= 0.3 is 0 Å². The fourth-order valence-corrected chi connectivity index (χ4v) is 6.10. The third-order valence-electron chi connectivity index (χ3n) is 5.79. The minimum absolute atomic E-state index is 1.17. The molecule has 0 aliphatic heterocycles. The van der Waals surface area contributed by atoms with Gasteiger partial charge in [-0.1, -0.05) is 12.1 Å². The van der Waals surface area contributed by atoms with Crippen molar-refractivity contribution in [3.8, 4) is 32.0 Å². The SMILES string of the molecule is c1csc(-c2cc3c4c(c2)CCc2cc(-c5cccs5)cc(c2-4)CC3)c1. The number of hydrogen-bond donors (Lipinski definition) is 0. The first-order chi connectivity index (χ1) is 12.9. The Kier molecular flexibility index (Phi) is 3.26. The van der Waals surface area contributed by atoms with Crippen molar-refractivity contribution in [3.05, 3.63) is 81.5 Å². The number of aryl methyl sites for hydroxylation is 4. The average molecular weight is 371 g/mol. The molecule has 2 heteroatoms. The highest BCUT2D eigenvalue weighted by Crippen LogP contribution is 2.46. The monoisotopic (exact) mass is 370 g/mol. The number of hydrogen-bond acceptors (Lipinski definition) is 2. The Morgan fingerprint density at radius 2 is 0.923 bits per heavy atom. The van der Waals surface area contributed by atoms with E-state index in [1.54, 1.807) is 33.4 Å². The normalized spacial score (nSPS) is 14.3. The summed E-state index contributed by atoms with van der Waals surface area (Å²) >= 11 is 3.70. The van der Waals surface area contributed by atoms with E-state index in [0.29, 0.717) is 0 Å². The summed E-state index contributed by atoms with van der Waals surface area (Å²) in [5, 5.41) is 4.36. The second-order valence-corrected chi connectivity index (χ2v) is 9.19. The lowest BCUT2D eigenvalue weighted by molar-refractivity contribution is 0.878. The zero-order chi connectivity index (χ0) is 17.1. The van der Waals surface area contributed by atoms with Gasteiger partial charge in [0.15, 0.2) is 0 Å². The summed E-state index contributed by atoms with van der Waals surface area (Å²) in [5.41, 5.74) is 12.2. The van der Waals surface area contributed by atoms with Gasteiger partial charge in [0.1, 0.15) is 0 Å². The molecule has 0 N–H and O–H groups in total. The summed E-state index contributed by atoms with van der Waals surface area (Å²) in [6.07, 6.45) is 4.67. The van der Waals surface area contributed by atoms with Crippen molar-refractivity contribution in [2.45, 2.75) is 25.7 Å². The lowest BCUT2D eigenvalue weighted by atomic mass is 9.74. The van der Waals surface area contributed by atoms with Crippen LogP contribution in [0.2, 0.25) is 0 Å². The Balaban J connectivity index is 1.56. The maximum atomic E-state index is 2.45. The van der Waals surface area contributed by atoms with Gasteiger partial charge in [-0.15, -0.1) is 22.7 Å². The molecular formula is C24H18S2. The van der Waals surface area contributed by atoms with Crippen molar-refractivity contribution >= 4 is 22.7 Å². The van der Waals surface area contributed by atoms with Crippen LogP contribution in [0.25, 0.3) is 32.0 Å². The lowest BCUT2D eigenvalue weighted by Crippen LogP contribution is -2.14. The van der Waals surface area contributed by atoms with Gasteiger partial charge < -0.3 is 0 Å². The van der Waals surface area contributed by atoms with Gasteiger partial charge in [-0.3, -0.25) is 0 Å². The van der Waals surface area contributed by atoms with Crippen LogP contribution in [0.15, 0.2) is 59.3 Å².